The number of carbonyl (C=O) groups excluding carboxylic acids is 2. The number of benzene rings is 2. The van der Waals surface area contributed by atoms with Crippen LogP contribution in [0.4, 0.5) is 10.5 Å². The lowest BCUT2D eigenvalue weighted by Gasteiger charge is -2.34. The first-order chi connectivity index (χ1) is 19.0. The zero-order valence-corrected chi connectivity index (χ0v) is 23.7. The molecule has 10 nitrogen and oxygen atoms in total. The second-order valence-corrected chi connectivity index (χ2v) is 11.5. The fourth-order valence-electron chi connectivity index (χ4n) is 4.99. The average Bonchev–Trinajstić information content (AvgIpc) is 3.28. The number of urea groups is 1. The number of piperidine rings is 1. The van der Waals surface area contributed by atoms with Gasteiger partial charge in [-0.1, -0.05) is 29.8 Å². The zero-order chi connectivity index (χ0) is 28.6. The molecule has 3 N–H and O–H groups in total. The van der Waals surface area contributed by atoms with E-state index >= 15 is 0 Å². The first-order valence-corrected chi connectivity index (χ1v) is 13.6. The van der Waals surface area contributed by atoms with Gasteiger partial charge in [0.25, 0.3) is 11.5 Å². The number of aromatic amines is 1. The summed E-state index contributed by atoms with van der Waals surface area (Å²) in [5, 5.41) is 18.4. The van der Waals surface area contributed by atoms with Crippen molar-refractivity contribution in [3.63, 3.8) is 0 Å². The van der Waals surface area contributed by atoms with Crippen molar-refractivity contribution in [2.24, 2.45) is 0 Å². The minimum absolute atomic E-state index is 0.0620. The summed E-state index contributed by atoms with van der Waals surface area (Å²) >= 11 is 6.54. The molecule has 1 aliphatic heterocycles. The van der Waals surface area contributed by atoms with E-state index in [1.54, 1.807) is 25.1 Å². The molecule has 0 atom stereocenters. The van der Waals surface area contributed by atoms with Crippen molar-refractivity contribution in [1.82, 2.24) is 30.2 Å². The summed E-state index contributed by atoms with van der Waals surface area (Å²) in [6.07, 6.45) is 1.47. The molecule has 0 unspecified atom stereocenters. The van der Waals surface area contributed by atoms with Crippen molar-refractivity contribution in [3.8, 4) is 11.3 Å². The summed E-state index contributed by atoms with van der Waals surface area (Å²) in [5.41, 5.74) is 3.03. The summed E-state index contributed by atoms with van der Waals surface area (Å²) in [6.45, 7) is 8.90. The van der Waals surface area contributed by atoms with E-state index in [4.69, 9.17) is 16.7 Å². The molecule has 0 saturated carbocycles. The lowest BCUT2D eigenvalue weighted by atomic mass is 10.0. The molecule has 5 rings (SSSR count). The molecule has 1 fully saturated rings. The summed E-state index contributed by atoms with van der Waals surface area (Å²) < 4.78 is 1.92. The van der Waals surface area contributed by atoms with Crippen LogP contribution in [0.15, 0.2) is 53.3 Å². The molecule has 208 valence electrons. The number of para-hydroxylation sites is 1. The van der Waals surface area contributed by atoms with Crippen LogP contribution in [0.3, 0.4) is 0 Å². The Labute approximate surface area is 236 Å². The Balaban J connectivity index is 1.35. The molecule has 3 amide bonds. The largest absolute Gasteiger partial charge is 0.333 e. The van der Waals surface area contributed by atoms with Gasteiger partial charge in [0.2, 0.25) is 0 Å². The lowest BCUT2D eigenvalue weighted by Crippen LogP contribution is -2.50. The van der Waals surface area contributed by atoms with Crippen LogP contribution in [-0.2, 0) is 0 Å². The van der Waals surface area contributed by atoms with Gasteiger partial charge in [-0.2, -0.15) is 10.2 Å². The van der Waals surface area contributed by atoms with Crippen molar-refractivity contribution in [1.29, 1.82) is 0 Å². The van der Waals surface area contributed by atoms with Crippen molar-refractivity contribution in [2.75, 3.05) is 18.4 Å². The van der Waals surface area contributed by atoms with Crippen molar-refractivity contribution >= 4 is 40.1 Å². The molecule has 1 saturated heterocycles. The average molecular weight is 562 g/mol. The number of hydrogen-bond donors (Lipinski definition) is 3. The number of aryl methyl sites for hydroxylation is 1. The molecular formula is C29H32ClN7O3. The monoisotopic (exact) mass is 561 g/mol. The van der Waals surface area contributed by atoms with Gasteiger partial charge in [-0.15, -0.1) is 0 Å². The van der Waals surface area contributed by atoms with E-state index in [1.165, 1.54) is 6.07 Å². The van der Waals surface area contributed by atoms with E-state index in [1.807, 2.05) is 54.6 Å². The van der Waals surface area contributed by atoms with Crippen molar-refractivity contribution in [2.45, 2.75) is 52.1 Å². The number of carbonyl (C=O) groups is 2. The third kappa shape index (κ3) is 5.72. The van der Waals surface area contributed by atoms with Crippen LogP contribution in [-0.4, -0.2) is 55.4 Å². The maximum Gasteiger partial charge on any atom is 0.317 e. The third-order valence-corrected chi connectivity index (χ3v) is 7.20. The Morgan fingerprint density at radius 3 is 2.48 bits per heavy atom. The van der Waals surface area contributed by atoms with Crippen LogP contribution in [0.25, 0.3) is 22.2 Å². The lowest BCUT2D eigenvalue weighted by molar-refractivity contribution is 0.102. The molecule has 2 aromatic heterocycles. The van der Waals surface area contributed by atoms with Crippen LogP contribution in [0.2, 0.25) is 5.02 Å². The van der Waals surface area contributed by atoms with Crippen LogP contribution >= 0.6 is 11.6 Å². The van der Waals surface area contributed by atoms with Gasteiger partial charge in [-0.25, -0.2) is 9.89 Å². The minimum atomic E-state index is -0.348. The van der Waals surface area contributed by atoms with Gasteiger partial charge >= 0.3 is 6.03 Å². The maximum absolute atomic E-state index is 13.4. The highest BCUT2D eigenvalue weighted by molar-refractivity contribution is 6.33. The molecule has 0 spiro atoms. The highest BCUT2D eigenvalue weighted by Crippen LogP contribution is 2.32. The first kappa shape index (κ1) is 27.4. The second kappa shape index (κ2) is 10.8. The quantitative estimate of drug-likeness (QED) is 0.318. The Bertz CT molecular complexity index is 1650. The second-order valence-electron chi connectivity index (χ2n) is 11.1. The van der Waals surface area contributed by atoms with E-state index < -0.39 is 0 Å². The summed E-state index contributed by atoms with van der Waals surface area (Å²) in [5.74, 6) is -0.348. The fraction of sp³-hybridized carbons (Fsp3) is 0.345. The minimum Gasteiger partial charge on any atom is -0.333 e. The van der Waals surface area contributed by atoms with E-state index in [9.17, 15) is 14.4 Å². The molecule has 0 aliphatic carbocycles. The number of nitrogens with one attached hydrogen (secondary N) is 3. The summed E-state index contributed by atoms with van der Waals surface area (Å²) in [6, 6.07) is 14.3. The number of anilines is 1. The topological polar surface area (TPSA) is 125 Å². The fourth-order valence-corrected chi connectivity index (χ4v) is 5.26. The standard InChI is InChI=1S/C29H32ClN7O3/c1-17-15-24(38)33-34-25(17)20-10-9-18(16-22(20)30)31-27(39)26-21-7-5-6-8-23(21)37(35-26)19-11-13-36(14-12-19)28(40)32-29(2,3)4/h5-10,15-16,19H,11-14H2,1-4H3,(H,31,39)(H,32,40)(H,33,38). The highest BCUT2D eigenvalue weighted by atomic mass is 35.5. The number of halogens is 1. The SMILES string of the molecule is Cc1cc(=O)[nH]nc1-c1ccc(NC(=O)c2nn(C3CCN(C(=O)NC(C)(C)C)CC3)c3ccccc23)cc1Cl. The zero-order valence-electron chi connectivity index (χ0n) is 22.9. The number of fused-ring (bicyclic) bond motifs is 1. The highest BCUT2D eigenvalue weighted by Gasteiger charge is 2.28. The summed E-state index contributed by atoms with van der Waals surface area (Å²) in [4.78, 5) is 39.4. The Morgan fingerprint density at radius 1 is 1.07 bits per heavy atom. The molecule has 1 aliphatic rings. The van der Waals surface area contributed by atoms with Gasteiger partial charge < -0.3 is 15.5 Å². The normalized spacial score (nSPS) is 14.4. The molecule has 11 heteroatoms. The Kier molecular flexibility index (Phi) is 7.37. The third-order valence-electron chi connectivity index (χ3n) is 6.89. The predicted octanol–water partition coefficient (Wildman–Crippen LogP) is 5.15. The molecule has 2 aromatic carbocycles. The van der Waals surface area contributed by atoms with E-state index in [0.717, 1.165) is 23.7 Å². The van der Waals surface area contributed by atoms with Crippen LogP contribution in [0.1, 0.15) is 55.7 Å². The number of nitrogens with zero attached hydrogens (tertiary/aromatic N) is 4. The molecule has 3 heterocycles. The van der Waals surface area contributed by atoms with E-state index in [0.29, 0.717) is 46.3 Å². The number of H-pyrrole nitrogens is 1. The molecule has 0 radical (unpaired) electrons. The Morgan fingerprint density at radius 2 is 1.80 bits per heavy atom. The van der Waals surface area contributed by atoms with E-state index in [-0.39, 0.29) is 29.1 Å². The van der Waals surface area contributed by atoms with Gasteiger partial charge in [-0.05, 0) is 70.4 Å². The maximum atomic E-state index is 13.4. The van der Waals surface area contributed by atoms with Gasteiger partial charge in [0.1, 0.15) is 0 Å². The number of amides is 3. The Hall–Kier alpha value is -4.18. The molecule has 40 heavy (non-hydrogen) atoms. The van der Waals surface area contributed by atoms with Gasteiger partial charge in [0, 0.05) is 41.3 Å². The smallest absolute Gasteiger partial charge is 0.317 e. The molecule has 0 bridgehead atoms. The number of hydrogen-bond acceptors (Lipinski definition) is 5. The van der Waals surface area contributed by atoms with Crippen LogP contribution < -0.4 is 16.2 Å². The van der Waals surface area contributed by atoms with Crippen molar-refractivity contribution < 1.29 is 9.59 Å². The van der Waals surface area contributed by atoms with Crippen molar-refractivity contribution in [3.05, 3.63) is 75.2 Å². The number of rotatable bonds is 4. The molecule has 4 aromatic rings. The predicted molar refractivity (Wildman–Crippen MR) is 156 cm³/mol. The summed E-state index contributed by atoms with van der Waals surface area (Å²) in [7, 11) is 0. The number of aromatic nitrogens is 4. The van der Waals surface area contributed by atoms with Gasteiger partial charge in [0.05, 0.1) is 22.3 Å². The first-order valence-electron chi connectivity index (χ1n) is 13.2. The van der Waals surface area contributed by atoms with E-state index in [2.05, 4.69) is 20.8 Å². The van der Waals surface area contributed by atoms with Gasteiger partial charge in [-0.3, -0.25) is 14.3 Å². The van der Waals surface area contributed by atoms with Gasteiger partial charge in [0.15, 0.2) is 5.69 Å². The number of likely N-dealkylation sites (tertiary alicyclic amines) is 1. The van der Waals surface area contributed by atoms with Crippen LogP contribution in [0.5, 0.6) is 0 Å². The van der Waals surface area contributed by atoms with Crippen LogP contribution in [0, 0.1) is 6.92 Å². The molecular weight excluding hydrogens is 530 g/mol.